The first-order chi connectivity index (χ1) is 9.76. The van der Waals surface area contributed by atoms with Crippen LogP contribution < -0.4 is 5.32 Å². The molecule has 5 heteroatoms. The molecule has 0 unspecified atom stereocenters. The zero-order chi connectivity index (χ0) is 15.6. The van der Waals surface area contributed by atoms with Crippen molar-refractivity contribution in [3.05, 3.63) is 35.6 Å². The Balaban J connectivity index is 2.21. The number of nitrogens with one attached hydrogen (secondary N) is 1. The molecule has 2 rings (SSSR count). The average molecular weight is 294 g/mol. The number of carbonyl (C=O) groups is 1. The topological polar surface area (TPSA) is 41.6 Å². The number of amides is 1. The SMILES string of the molecule is C[C@@H]1CN(C(=O)OC(C)(C)C)[C@H](c2ccc(F)cc2)CN1. The molecule has 1 amide bonds. The van der Waals surface area contributed by atoms with Crippen molar-refractivity contribution in [2.45, 2.75) is 45.4 Å². The molecule has 116 valence electrons. The fraction of sp³-hybridized carbons (Fsp3) is 0.562. The van der Waals surface area contributed by atoms with Gasteiger partial charge in [-0.15, -0.1) is 0 Å². The van der Waals surface area contributed by atoms with Gasteiger partial charge in [-0.1, -0.05) is 12.1 Å². The fourth-order valence-electron chi connectivity index (χ4n) is 2.41. The van der Waals surface area contributed by atoms with E-state index in [9.17, 15) is 9.18 Å². The summed E-state index contributed by atoms with van der Waals surface area (Å²) in [6, 6.07) is 6.33. The van der Waals surface area contributed by atoms with Crippen LogP contribution >= 0.6 is 0 Å². The van der Waals surface area contributed by atoms with Crippen LogP contribution in [-0.4, -0.2) is 35.7 Å². The first-order valence-corrected chi connectivity index (χ1v) is 7.25. The van der Waals surface area contributed by atoms with E-state index in [4.69, 9.17) is 4.74 Å². The van der Waals surface area contributed by atoms with E-state index in [0.29, 0.717) is 13.1 Å². The maximum atomic E-state index is 13.1. The summed E-state index contributed by atoms with van der Waals surface area (Å²) >= 11 is 0. The van der Waals surface area contributed by atoms with Gasteiger partial charge in [-0.25, -0.2) is 9.18 Å². The summed E-state index contributed by atoms with van der Waals surface area (Å²) in [5, 5.41) is 3.35. The molecule has 1 aromatic carbocycles. The molecule has 0 spiro atoms. The van der Waals surface area contributed by atoms with Crippen LogP contribution in [0.5, 0.6) is 0 Å². The summed E-state index contributed by atoms with van der Waals surface area (Å²) < 4.78 is 18.6. The first-order valence-electron chi connectivity index (χ1n) is 7.25. The molecule has 0 aliphatic carbocycles. The Hall–Kier alpha value is -1.62. The number of piperazine rings is 1. The van der Waals surface area contributed by atoms with Gasteiger partial charge in [0, 0.05) is 19.1 Å². The van der Waals surface area contributed by atoms with Crippen molar-refractivity contribution in [2.24, 2.45) is 0 Å². The highest BCUT2D eigenvalue weighted by Crippen LogP contribution is 2.26. The molecule has 1 N–H and O–H groups in total. The van der Waals surface area contributed by atoms with E-state index in [0.717, 1.165) is 5.56 Å². The van der Waals surface area contributed by atoms with Crippen molar-refractivity contribution in [3.8, 4) is 0 Å². The van der Waals surface area contributed by atoms with Crippen LogP contribution in [-0.2, 0) is 4.74 Å². The second-order valence-corrected chi connectivity index (χ2v) is 6.51. The van der Waals surface area contributed by atoms with Crippen LogP contribution in [0.4, 0.5) is 9.18 Å². The summed E-state index contributed by atoms with van der Waals surface area (Å²) in [4.78, 5) is 14.1. The van der Waals surface area contributed by atoms with Crippen molar-refractivity contribution in [3.63, 3.8) is 0 Å². The molecule has 0 aromatic heterocycles. The van der Waals surface area contributed by atoms with E-state index < -0.39 is 5.60 Å². The lowest BCUT2D eigenvalue weighted by molar-refractivity contribution is 0.00787. The minimum Gasteiger partial charge on any atom is -0.444 e. The highest BCUT2D eigenvalue weighted by molar-refractivity contribution is 5.69. The Morgan fingerprint density at radius 1 is 1.33 bits per heavy atom. The summed E-state index contributed by atoms with van der Waals surface area (Å²) in [6.45, 7) is 8.78. The second kappa shape index (κ2) is 6.02. The summed E-state index contributed by atoms with van der Waals surface area (Å²) in [5.74, 6) is -0.278. The second-order valence-electron chi connectivity index (χ2n) is 6.51. The molecule has 1 aromatic rings. The normalized spacial score (nSPS) is 23.0. The van der Waals surface area contributed by atoms with Crippen LogP contribution in [0.25, 0.3) is 0 Å². The number of hydrogen-bond acceptors (Lipinski definition) is 3. The Kier molecular flexibility index (Phi) is 4.52. The lowest BCUT2D eigenvalue weighted by Crippen LogP contribution is -2.54. The molecular formula is C16H23FN2O2. The molecule has 2 atom stereocenters. The van der Waals surface area contributed by atoms with E-state index in [1.165, 1.54) is 12.1 Å². The fourth-order valence-corrected chi connectivity index (χ4v) is 2.41. The lowest BCUT2D eigenvalue weighted by atomic mass is 10.0. The van der Waals surface area contributed by atoms with E-state index in [-0.39, 0.29) is 24.0 Å². The number of hydrogen-bond donors (Lipinski definition) is 1. The van der Waals surface area contributed by atoms with Crippen molar-refractivity contribution in [1.82, 2.24) is 10.2 Å². The van der Waals surface area contributed by atoms with Crippen LogP contribution in [0, 0.1) is 5.82 Å². The van der Waals surface area contributed by atoms with Crippen molar-refractivity contribution < 1.29 is 13.9 Å². The summed E-state index contributed by atoms with van der Waals surface area (Å²) in [7, 11) is 0. The van der Waals surface area contributed by atoms with Crippen molar-refractivity contribution in [2.75, 3.05) is 13.1 Å². The molecule has 1 aliphatic rings. The van der Waals surface area contributed by atoms with Crippen molar-refractivity contribution >= 4 is 6.09 Å². The summed E-state index contributed by atoms with van der Waals surface area (Å²) in [5.41, 5.74) is 0.375. The van der Waals surface area contributed by atoms with Gasteiger partial charge in [-0.05, 0) is 45.4 Å². The third-order valence-corrected chi connectivity index (χ3v) is 3.39. The van der Waals surface area contributed by atoms with Gasteiger partial charge >= 0.3 is 6.09 Å². The van der Waals surface area contributed by atoms with E-state index in [1.807, 2.05) is 27.7 Å². The predicted molar refractivity (Wildman–Crippen MR) is 79.5 cm³/mol. The minimum atomic E-state index is -0.529. The van der Waals surface area contributed by atoms with Crippen LogP contribution in [0.1, 0.15) is 39.3 Å². The standard InChI is InChI=1S/C16H23FN2O2/c1-11-10-19(15(20)21-16(2,3)4)14(9-18-11)12-5-7-13(17)8-6-12/h5-8,11,14,18H,9-10H2,1-4H3/t11-,14+/m1/s1. The quantitative estimate of drug-likeness (QED) is 0.865. The number of carbonyl (C=O) groups excluding carboxylic acids is 1. The molecule has 1 saturated heterocycles. The zero-order valence-electron chi connectivity index (χ0n) is 13.0. The van der Waals surface area contributed by atoms with Crippen LogP contribution in [0.3, 0.4) is 0 Å². The lowest BCUT2D eigenvalue weighted by Gasteiger charge is -2.40. The predicted octanol–water partition coefficient (Wildman–Crippen LogP) is 3.10. The van der Waals surface area contributed by atoms with E-state index >= 15 is 0 Å². The zero-order valence-corrected chi connectivity index (χ0v) is 13.0. The smallest absolute Gasteiger partial charge is 0.410 e. The molecular weight excluding hydrogens is 271 g/mol. The Labute approximate surface area is 125 Å². The molecule has 1 aliphatic heterocycles. The Morgan fingerprint density at radius 2 is 1.95 bits per heavy atom. The monoisotopic (exact) mass is 294 g/mol. The van der Waals surface area contributed by atoms with Crippen LogP contribution in [0.2, 0.25) is 0 Å². The highest BCUT2D eigenvalue weighted by atomic mass is 19.1. The van der Waals surface area contributed by atoms with E-state index in [2.05, 4.69) is 5.32 Å². The maximum Gasteiger partial charge on any atom is 0.410 e. The summed E-state index contributed by atoms with van der Waals surface area (Å²) in [6.07, 6.45) is -0.329. The molecule has 21 heavy (non-hydrogen) atoms. The number of halogens is 1. The van der Waals surface area contributed by atoms with Gasteiger partial charge in [0.05, 0.1) is 6.04 Å². The Bertz CT molecular complexity index is 496. The molecule has 4 nitrogen and oxygen atoms in total. The number of nitrogens with zero attached hydrogens (tertiary/aromatic N) is 1. The van der Waals surface area contributed by atoms with E-state index in [1.54, 1.807) is 17.0 Å². The molecule has 1 fully saturated rings. The van der Waals surface area contributed by atoms with Crippen LogP contribution in [0.15, 0.2) is 24.3 Å². The van der Waals surface area contributed by atoms with Crippen molar-refractivity contribution in [1.29, 1.82) is 0 Å². The molecule has 0 radical (unpaired) electrons. The average Bonchev–Trinajstić information content (AvgIpc) is 2.38. The van der Waals surface area contributed by atoms with Gasteiger partial charge < -0.3 is 10.1 Å². The maximum absolute atomic E-state index is 13.1. The Morgan fingerprint density at radius 3 is 2.52 bits per heavy atom. The molecule has 1 heterocycles. The third kappa shape index (κ3) is 4.17. The van der Waals surface area contributed by atoms with Gasteiger partial charge in [-0.3, -0.25) is 4.90 Å². The molecule has 0 saturated carbocycles. The number of benzene rings is 1. The molecule has 0 bridgehead atoms. The number of ether oxygens (including phenoxy) is 1. The van der Waals surface area contributed by atoms with Gasteiger partial charge in [0.1, 0.15) is 11.4 Å². The van der Waals surface area contributed by atoms with Gasteiger partial charge in [-0.2, -0.15) is 0 Å². The van der Waals surface area contributed by atoms with Gasteiger partial charge in [0.2, 0.25) is 0 Å². The first kappa shape index (κ1) is 15.8. The number of rotatable bonds is 1. The largest absolute Gasteiger partial charge is 0.444 e. The van der Waals surface area contributed by atoms with Gasteiger partial charge in [0.25, 0.3) is 0 Å². The van der Waals surface area contributed by atoms with Gasteiger partial charge in [0.15, 0.2) is 0 Å². The third-order valence-electron chi connectivity index (χ3n) is 3.39. The minimum absolute atomic E-state index is 0.142. The highest BCUT2D eigenvalue weighted by Gasteiger charge is 2.33.